The van der Waals surface area contributed by atoms with Crippen LogP contribution in [0.4, 0.5) is 5.82 Å². The largest absolute Gasteiger partial charge is 0.352 e. The van der Waals surface area contributed by atoms with Crippen LogP contribution in [-0.2, 0) is 0 Å². The Bertz CT molecular complexity index is 344. The molecule has 0 radical (unpaired) electrons. The average Bonchev–Trinajstić information content (AvgIpc) is 2.11. The van der Waals surface area contributed by atoms with E-state index in [1.807, 2.05) is 6.92 Å². The molecule has 0 saturated heterocycles. The first-order chi connectivity index (χ1) is 6.88. The van der Waals surface area contributed by atoms with Crippen molar-refractivity contribution in [1.29, 1.82) is 0 Å². The summed E-state index contributed by atoms with van der Waals surface area (Å²) in [7, 11) is 0. The van der Waals surface area contributed by atoms with Gasteiger partial charge in [-0.05, 0) is 34.6 Å². The molecule has 1 heterocycles. The van der Waals surface area contributed by atoms with Crippen LogP contribution in [0.2, 0.25) is 5.15 Å². The van der Waals surface area contributed by atoms with Crippen molar-refractivity contribution in [1.82, 2.24) is 9.97 Å². The summed E-state index contributed by atoms with van der Waals surface area (Å²) in [6.45, 7) is 11.4. The van der Waals surface area contributed by atoms with Gasteiger partial charge >= 0.3 is 0 Å². The van der Waals surface area contributed by atoms with Crippen LogP contribution in [-0.4, -0.2) is 22.1 Å². The molecule has 0 unspecified atom stereocenters. The Morgan fingerprint density at radius 2 is 1.93 bits per heavy atom. The number of aromatic nitrogens is 2. The van der Waals surface area contributed by atoms with Crippen molar-refractivity contribution < 1.29 is 0 Å². The van der Waals surface area contributed by atoms with Crippen LogP contribution in [0.3, 0.4) is 0 Å². The van der Waals surface area contributed by atoms with Crippen LogP contribution in [0.1, 0.15) is 33.3 Å². The molecule has 0 aliphatic carbocycles. The standard InChI is InChI=1S/C11H18ClN3/c1-6-15(11(3,4)5)10-8(2)9(12)13-7-14-10/h7H,6H2,1-5H3. The molecule has 15 heavy (non-hydrogen) atoms. The van der Waals surface area contributed by atoms with Crippen molar-refractivity contribution in [3.63, 3.8) is 0 Å². The molecule has 0 saturated carbocycles. The first-order valence-corrected chi connectivity index (χ1v) is 5.50. The summed E-state index contributed by atoms with van der Waals surface area (Å²) >= 11 is 5.99. The highest BCUT2D eigenvalue weighted by molar-refractivity contribution is 6.30. The summed E-state index contributed by atoms with van der Waals surface area (Å²) in [4.78, 5) is 10.5. The number of hydrogen-bond acceptors (Lipinski definition) is 3. The summed E-state index contributed by atoms with van der Waals surface area (Å²) in [6.07, 6.45) is 1.51. The van der Waals surface area contributed by atoms with Gasteiger partial charge in [-0.15, -0.1) is 0 Å². The van der Waals surface area contributed by atoms with Gasteiger partial charge in [-0.3, -0.25) is 0 Å². The molecule has 84 valence electrons. The normalized spacial score (nSPS) is 11.6. The van der Waals surface area contributed by atoms with Crippen molar-refractivity contribution in [2.24, 2.45) is 0 Å². The van der Waals surface area contributed by atoms with E-state index >= 15 is 0 Å². The molecule has 4 heteroatoms. The molecule has 0 aromatic carbocycles. The van der Waals surface area contributed by atoms with Crippen molar-refractivity contribution >= 4 is 17.4 Å². The molecule has 0 atom stereocenters. The van der Waals surface area contributed by atoms with E-state index in [1.165, 1.54) is 6.33 Å². The molecular formula is C11H18ClN3. The Hall–Kier alpha value is -0.830. The van der Waals surface area contributed by atoms with Gasteiger partial charge in [0.25, 0.3) is 0 Å². The summed E-state index contributed by atoms with van der Waals surface area (Å²) in [5.74, 6) is 0.921. The van der Waals surface area contributed by atoms with Gasteiger partial charge in [-0.2, -0.15) is 0 Å². The molecule has 0 spiro atoms. The van der Waals surface area contributed by atoms with E-state index in [4.69, 9.17) is 11.6 Å². The summed E-state index contributed by atoms with van der Waals surface area (Å²) in [6, 6.07) is 0. The van der Waals surface area contributed by atoms with Crippen LogP contribution in [0.5, 0.6) is 0 Å². The lowest BCUT2D eigenvalue weighted by atomic mass is 10.1. The van der Waals surface area contributed by atoms with E-state index in [0.717, 1.165) is 17.9 Å². The molecule has 0 bridgehead atoms. The van der Waals surface area contributed by atoms with Gasteiger partial charge in [0.15, 0.2) is 0 Å². The van der Waals surface area contributed by atoms with E-state index in [9.17, 15) is 0 Å². The highest BCUT2D eigenvalue weighted by atomic mass is 35.5. The van der Waals surface area contributed by atoms with E-state index in [1.54, 1.807) is 0 Å². The predicted octanol–water partition coefficient (Wildman–Crippen LogP) is 3.06. The third kappa shape index (κ3) is 2.59. The topological polar surface area (TPSA) is 29.0 Å². The third-order valence-corrected chi connectivity index (χ3v) is 2.76. The molecule has 1 aromatic rings. The average molecular weight is 228 g/mol. The monoisotopic (exact) mass is 227 g/mol. The Kier molecular flexibility index (Phi) is 3.55. The first-order valence-electron chi connectivity index (χ1n) is 5.12. The molecule has 0 aliphatic heterocycles. The second kappa shape index (κ2) is 4.35. The van der Waals surface area contributed by atoms with Crippen LogP contribution in [0.15, 0.2) is 6.33 Å². The number of hydrogen-bond donors (Lipinski definition) is 0. The van der Waals surface area contributed by atoms with Crippen molar-refractivity contribution in [2.45, 2.75) is 40.2 Å². The first kappa shape index (κ1) is 12.2. The predicted molar refractivity (Wildman–Crippen MR) is 64.6 cm³/mol. The van der Waals surface area contributed by atoms with Crippen LogP contribution >= 0.6 is 11.6 Å². The van der Waals surface area contributed by atoms with Gasteiger partial charge in [-0.25, -0.2) is 9.97 Å². The molecule has 3 nitrogen and oxygen atoms in total. The van der Waals surface area contributed by atoms with Gasteiger partial charge in [0.05, 0.1) is 0 Å². The molecule has 1 aromatic heterocycles. The maximum atomic E-state index is 5.99. The fourth-order valence-electron chi connectivity index (χ4n) is 1.63. The van der Waals surface area contributed by atoms with E-state index < -0.39 is 0 Å². The zero-order chi connectivity index (χ0) is 11.6. The maximum absolute atomic E-state index is 5.99. The minimum atomic E-state index is 0.0389. The molecule has 0 N–H and O–H groups in total. The van der Waals surface area contributed by atoms with Gasteiger partial charge < -0.3 is 4.90 Å². The minimum Gasteiger partial charge on any atom is -0.352 e. The van der Waals surface area contributed by atoms with Gasteiger partial charge in [0.1, 0.15) is 17.3 Å². The highest BCUT2D eigenvalue weighted by Crippen LogP contribution is 2.27. The van der Waals surface area contributed by atoms with Crippen molar-refractivity contribution in [3.05, 3.63) is 17.0 Å². The van der Waals surface area contributed by atoms with E-state index in [-0.39, 0.29) is 5.54 Å². The summed E-state index contributed by atoms with van der Waals surface area (Å²) < 4.78 is 0. The summed E-state index contributed by atoms with van der Waals surface area (Å²) in [5.41, 5.74) is 0.980. The molecule has 0 amide bonds. The van der Waals surface area contributed by atoms with Gasteiger partial charge in [0.2, 0.25) is 0 Å². The lowest BCUT2D eigenvalue weighted by Crippen LogP contribution is -2.42. The number of nitrogens with zero attached hydrogens (tertiary/aromatic N) is 3. The Morgan fingerprint density at radius 1 is 1.33 bits per heavy atom. The van der Waals surface area contributed by atoms with Crippen molar-refractivity contribution in [3.8, 4) is 0 Å². The van der Waals surface area contributed by atoms with E-state index in [0.29, 0.717) is 5.15 Å². The molecular weight excluding hydrogens is 210 g/mol. The second-order valence-electron chi connectivity index (χ2n) is 4.53. The fourth-order valence-corrected chi connectivity index (χ4v) is 1.76. The third-order valence-electron chi connectivity index (χ3n) is 2.38. The van der Waals surface area contributed by atoms with Crippen LogP contribution in [0.25, 0.3) is 0 Å². The zero-order valence-corrected chi connectivity index (χ0v) is 10.8. The lowest BCUT2D eigenvalue weighted by Gasteiger charge is -2.36. The van der Waals surface area contributed by atoms with Crippen LogP contribution < -0.4 is 4.90 Å². The smallest absolute Gasteiger partial charge is 0.137 e. The molecule has 0 fully saturated rings. The van der Waals surface area contributed by atoms with Crippen molar-refractivity contribution in [2.75, 3.05) is 11.4 Å². The molecule has 0 aliphatic rings. The minimum absolute atomic E-state index is 0.0389. The zero-order valence-electron chi connectivity index (χ0n) is 10.0. The quantitative estimate of drug-likeness (QED) is 0.728. The fraction of sp³-hybridized carbons (Fsp3) is 0.636. The maximum Gasteiger partial charge on any atom is 0.137 e. The highest BCUT2D eigenvalue weighted by Gasteiger charge is 2.23. The van der Waals surface area contributed by atoms with Crippen LogP contribution in [0, 0.1) is 6.92 Å². The number of halogens is 1. The number of anilines is 1. The second-order valence-corrected chi connectivity index (χ2v) is 4.89. The SMILES string of the molecule is CCN(c1ncnc(Cl)c1C)C(C)(C)C. The Morgan fingerprint density at radius 3 is 2.40 bits per heavy atom. The number of rotatable bonds is 2. The Labute approximate surface area is 96.5 Å². The van der Waals surface area contributed by atoms with E-state index in [2.05, 4.69) is 42.6 Å². The lowest BCUT2D eigenvalue weighted by molar-refractivity contribution is 0.507. The van der Waals surface area contributed by atoms with Gasteiger partial charge in [-0.1, -0.05) is 11.6 Å². The summed E-state index contributed by atoms with van der Waals surface area (Å²) in [5, 5.41) is 0.530. The molecule has 1 rings (SSSR count). The van der Waals surface area contributed by atoms with Gasteiger partial charge in [0, 0.05) is 17.6 Å². The Balaban J connectivity index is 3.19.